The van der Waals surface area contributed by atoms with Crippen LogP contribution in [0.5, 0.6) is 0 Å². The smallest absolute Gasteiger partial charge is 0.337 e. The van der Waals surface area contributed by atoms with E-state index in [1.807, 2.05) is 0 Å². The molecule has 0 fully saturated rings. The van der Waals surface area contributed by atoms with E-state index in [2.05, 4.69) is 15.5 Å². The lowest BCUT2D eigenvalue weighted by Gasteiger charge is -2.01. The van der Waals surface area contributed by atoms with Gasteiger partial charge in [-0.2, -0.15) is 5.10 Å². The maximum atomic E-state index is 11.0. The molecular weight excluding hydrogens is 376 g/mol. The van der Waals surface area contributed by atoms with Crippen molar-refractivity contribution in [3.63, 3.8) is 0 Å². The lowest BCUT2D eigenvalue weighted by molar-refractivity contribution is -0.385. The number of carbonyl (C=O) groups is 1. The quantitative estimate of drug-likeness (QED) is 0.371. The van der Waals surface area contributed by atoms with Gasteiger partial charge in [-0.05, 0) is 30.3 Å². The summed E-state index contributed by atoms with van der Waals surface area (Å²) >= 11 is 5.96. The van der Waals surface area contributed by atoms with Gasteiger partial charge in [-0.25, -0.2) is 9.78 Å². The van der Waals surface area contributed by atoms with E-state index in [1.54, 1.807) is 18.2 Å². The molecule has 2 aromatic heterocycles. The second kappa shape index (κ2) is 7.67. The van der Waals surface area contributed by atoms with Crippen LogP contribution in [-0.4, -0.2) is 27.2 Å². The van der Waals surface area contributed by atoms with Crippen molar-refractivity contribution in [2.45, 2.75) is 0 Å². The third-order valence-corrected chi connectivity index (χ3v) is 3.75. The number of benzene rings is 1. The summed E-state index contributed by atoms with van der Waals surface area (Å²) in [6, 6.07) is 10.6. The van der Waals surface area contributed by atoms with Crippen molar-refractivity contribution >= 4 is 35.3 Å². The normalized spacial score (nSPS) is 10.9. The minimum absolute atomic E-state index is 0.00792. The van der Waals surface area contributed by atoms with Gasteiger partial charge in [0.25, 0.3) is 5.69 Å². The second-order valence-electron chi connectivity index (χ2n) is 5.23. The maximum absolute atomic E-state index is 11.0. The Hall–Kier alpha value is -3.72. The Morgan fingerprint density at radius 2 is 2.11 bits per heavy atom. The van der Waals surface area contributed by atoms with Gasteiger partial charge in [0.2, 0.25) is 0 Å². The van der Waals surface area contributed by atoms with Crippen LogP contribution < -0.4 is 5.43 Å². The number of pyridine rings is 1. The van der Waals surface area contributed by atoms with Crippen molar-refractivity contribution < 1.29 is 19.2 Å². The van der Waals surface area contributed by atoms with Crippen molar-refractivity contribution in [1.82, 2.24) is 4.98 Å². The van der Waals surface area contributed by atoms with Gasteiger partial charge < -0.3 is 9.52 Å². The summed E-state index contributed by atoms with van der Waals surface area (Å²) in [6.07, 6.45) is 2.52. The zero-order valence-electron chi connectivity index (χ0n) is 13.5. The molecule has 0 aliphatic carbocycles. The first kappa shape index (κ1) is 18.1. The zero-order valence-corrected chi connectivity index (χ0v) is 14.3. The third-order valence-electron chi connectivity index (χ3n) is 3.44. The van der Waals surface area contributed by atoms with Crippen LogP contribution in [0.4, 0.5) is 11.5 Å². The van der Waals surface area contributed by atoms with Crippen LogP contribution in [0.1, 0.15) is 16.1 Å². The van der Waals surface area contributed by atoms with Crippen LogP contribution in [0.3, 0.4) is 0 Å². The molecule has 1 aromatic carbocycles. The molecule has 0 unspecified atom stereocenters. The minimum Gasteiger partial charge on any atom is -0.478 e. The molecule has 10 heteroatoms. The molecule has 0 aliphatic rings. The summed E-state index contributed by atoms with van der Waals surface area (Å²) < 4.78 is 5.61. The van der Waals surface area contributed by atoms with E-state index in [-0.39, 0.29) is 16.3 Å². The fourth-order valence-corrected chi connectivity index (χ4v) is 2.40. The molecule has 136 valence electrons. The SMILES string of the molecule is O=C(O)c1ccc(-c2ccc(/C=N/Nc3ccc([N+](=O)[O-])cn3)o2)cc1Cl. The minimum atomic E-state index is -1.11. The van der Waals surface area contributed by atoms with Gasteiger partial charge in [0, 0.05) is 11.6 Å². The van der Waals surface area contributed by atoms with Crippen LogP contribution in [0, 0.1) is 10.1 Å². The van der Waals surface area contributed by atoms with Crippen molar-refractivity contribution in [2.75, 3.05) is 5.43 Å². The maximum Gasteiger partial charge on any atom is 0.337 e. The molecule has 0 spiro atoms. The fourth-order valence-electron chi connectivity index (χ4n) is 2.14. The molecule has 9 nitrogen and oxygen atoms in total. The highest BCUT2D eigenvalue weighted by molar-refractivity contribution is 6.33. The molecule has 3 rings (SSSR count). The molecule has 0 amide bonds. The van der Waals surface area contributed by atoms with Gasteiger partial charge in [-0.1, -0.05) is 17.7 Å². The Labute approximate surface area is 157 Å². The van der Waals surface area contributed by atoms with Crippen molar-refractivity contribution in [3.8, 4) is 11.3 Å². The molecule has 0 atom stereocenters. The second-order valence-corrected chi connectivity index (χ2v) is 5.64. The number of nitrogens with one attached hydrogen (secondary N) is 1. The number of aromatic carboxylic acids is 1. The third kappa shape index (κ3) is 4.28. The van der Waals surface area contributed by atoms with E-state index < -0.39 is 10.9 Å². The highest BCUT2D eigenvalue weighted by Gasteiger charge is 2.11. The zero-order chi connectivity index (χ0) is 19.4. The average Bonchev–Trinajstić information content (AvgIpc) is 3.10. The van der Waals surface area contributed by atoms with Gasteiger partial charge in [0.15, 0.2) is 0 Å². The van der Waals surface area contributed by atoms with Gasteiger partial charge >= 0.3 is 5.97 Å². The number of hydrogen-bond acceptors (Lipinski definition) is 7. The largest absolute Gasteiger partial charge is 0.478 e. The molecule has 0 saturated heterocycles. The Morgan fingerprint density at radius 3 is 2.74 bits per heavy atom. The lowest BCUT2D eigenvalue weighted by Crippen LogP contribution is -1.96. The molecule has 0 saturated carbocycles. The number of nitro groups is 1. The monoisotopic (exact) mass is 386 g/mol. The Bertz CT molecular complexity index is 1030. The van der Waals surface area contributed by atoms with Gasteiger partial charge in [0.05, 0.1) is 21.7 Å². The molecule has 0 bridgehead atoms. The summed E-state index contributed by atoms with van der Waals surface area (Å²) in [7, 11) is 0. The average molecular weight is 387 g/mol. The Kier molecular flexibility index (Phi) is 5.13. The lowest BCUT2D eigenvalue weighted by atomic mass is 10.1. The summed E-state index contributed by atoms with van der Waals surface area (Å²) in [4.78, 5) is 24.9. The first-order valence-electron chi connectivity index (χ1n) is 7.46. The fraction of sp³-hybridized carbons (Fsp3) is 0. The highest BCUT2D eigenvalue weighted by atomic mass is 35.5. The number of hydrogen-bond donors (Lipinski definition) is 2. The van der Waals surface area contributed by atoms with E-state index in [9.17, 15) is 14.9 Å². The molecule has 3 aromatic rings. The Balaban J connectivity index is 1.68. The molecular formula is C17H11ClN4O5. The standard InChI is InChI=1S/C17H11ClN4O5/c18-14-7-10(1-4-13(14)17(23)24)15-5-3-12(27-15)9-20-21-16-6-2-11(8-19-16)22(25)26/h1-9H,(H,19,21)(H,23,24)/b20-9+. The van der Waals surface area contributed by atoms with E-state index in [1.165, 1.54) is 30.5 Å². The summed E-state index contributed by atoms with van der Waals surface area (Å²) in [5.74, 6) is 0.144. The van der Waals surface area contributed by atoms with Crippen LogP contribution in [0.25, 0.3) is 11.3 Å². The van der Waals surface area contributed by atoms with Crippen molar-refractivity contribution in [2.24, 2.45) is 5.10 Å². The molecule has 2 N–H and O–H groups in total. The number of halogens is 1. The van der Waals surface area contributed by atoms with E-state index >= 15 is 0 Å². The Morgan fingerprint density at radius 1 is 1.30 bits per heavy atom. The molecule has 0 radical (unpaired) electrons. The predicted octanol–water partition coefficient (Wildman–Crippen LogP) is 4.05. The number of nitrogens with zero attached hydrogens (tertiary/aromatic N) is 3. The summed E-state index contributed by atoms with van der Waals surface area (Å²) in [5, 5.41) is 23.6. The number of furan rings is 1. The van der Waals surface area contributed by atoms with E-state index in [0.29, 0.717) is 22.9 Å². The molecule has 27 heavy (non-hydrogen) atoms. The first-order chi connectivity index (χ1) is 12.9. The number of carboxylic acids is 1. The van der Waals surface area contributed by atoms with Crippen LogP contribution in [0.15, 0.2) is 58.2 Å². The molecule has 0 aliphatic heterocycles. The number of rotatable bonds is 6. The van der Waals surface area contributed by atoms with Gasteiger partial charge in [0.1, 0.15) is 23.5 Å². The number of aromatic nitrogens is 1. The van der Waals surface area contributed by atoms with Gasteiger partial charge in [-0.15, -0.1) is 0 Å². The van der Waals surface area contributed by atoms with Crippen LogP contribution in [0.2, 0.25) is 5.02 Å². The first-order valence-corrected chi connectivity index (χ1v) is 7.84. The highest BCUT2D eigenvalue weighted by Crippen LogP contribution is 2.27. The number of carboxylic acid groups (broad SMARTS) is 1. The molecule has 2 heterocycles. The van der Waals surface area contributed by atoms with Crippen molar-refractivity contribution in [3.05, 3.63) is 75.1 Å². The van der Waals surface area contributed by atoms with E-state index in [0.717, 1.165) is 6.20 Å². The van der Waals surface area contributed by atoms with Gasteiger partial charge in [-0.3, -0.25) is 15.5 Å². The van der Waals surface area contributed by atoms with E-state index in [4.69, 9.17) is 21.1 Å². The summed E-state index contributed by atoms with van der Waals surface area (Å²) in [5.41, 5.74) is 3.14. The van der Waals surface area contributed by atoms with Crippen LogP contribution in [-0.2, 0) is 0 Å². The number of anilines is 1. The van der Waals surface area contributed by atoms with Crippen molar-refractivity contribution in [1.29, 1.82) is 0 Å². The summed E-state index contributed by atoms with van der Waals surface area (Å²) in [6.45, 7) is 0. The van der Waals surface area contributed by atoms with Crippen LogP contribution >= 0.6 is 11.6 Å². The topological polar surface area (TPSA) is 131 Å². The predicted molar refractivity (Wildman–Crippen MR) is 98.2 cm³/mol. The number of hydrazone groups is 1.